The molecule has 0 unspecified atom stereocenters. The third-order valence-electron chi connectivity index (χ3n) is 2.24. The Bertz CT molecular complexity index is 584. The van der Waals surface area contributed by atoms with Crippen molar-refractivity contribution in [3.05, 3.63) is 44.6 Å². The molecule has 2 N–H and O–H groups in total. The SMILES string of the molecule is Nc1cnccc1-c1c(Cl)cc(Cl)c(Cl)c1Cl. The maximum atomic E-state index is 6.13. The summed E-state index contributed by atoms with van der Waals surface area (Å²) in [6.45, 7) is 0. The van der Waals surface area contributed by atoms with Crippen LogP contribution >= 0.6 is 46.4 Å². The van der Waals surface area contributed by atoms with Crippen molar-refractivity contribution in [3.8, 4) is 11.1 Å². The average molecular weight is 308 g/mol. The molecule has 1 aromatic carbocycles. The molecule has 6 heteroatoms. The highest BCUT2D eigenvalue weighted by atomic mass is 35.5. The fourth-order valence-corrected chi connectivity index (χ4v) is 2.56. The Labute approximate surface area is 118 Å². The van der Waals surface area contributed by atoms with Crippen molar-refractivity contribution in [3.63, 3.8) is 0 Å². The molecular weight excluding hydrogens is 302 g/mol. The van der Waals surface area contributed by atoms with Crippen LogP contribution in [0.3, 0.4) is 0 Å². The zero-order chi connectivity index (χ0) is 12.6. The summed E-state index contributed by atoms with van der Waals surface area (Å²) in [5, 5.41) is 1.23. The Morgan fingerprint density at radius 2 is 1.71 bits per heavy atom. The van der Waals surface area contributed by atoms with Crippen LogP contribution in [-0.4, -0.2) is 4.98 Å². The minimum Gasteiger partial charge on any atom is -0.397 e. The van der Waals surface area contributed by atoms with E-state index in [1.165, 1.54) is 12.3 Å². The average Bonchev–Trinajstić information content (AvgIpc) is 2.29. The lowest BCUT2D eigenvalue weighted by Crippen LogP contribution is -1.93. The van der Waals surface area contributed by atoms with Gasteiger partial charge in [-0.3, -0.25) is 4.98 Å². The van der Waals surface area contributed by atoms with E-state index in [2.05, 4.69) is 4.98 Å². The van der Waals surface area contributed by atoms with Gasteiger partial charge in [0.15, 0.2) is 0 Å². The van der Waals surface area contributed by atoms with Crippen molar-refractivity contribution in [2.24, 2.45) is 0 Å². The number of anilines is 1. The summed E-state index contributed by atoms with van der Waals surface area (Å²) in [5.74, 6) is 0. The summed E-state index contributed by atoms with van der Waals surface area (Å²) >= 11 is 24.1. The largest absolute Gasteiger partial charge is 0.397 e. The zero-order valence-electron chi connectivity index (χ0n) is 8.35. The van der Waals surface area contributed by atoms with E-state index in [4.69, 9.17) is 52.1 Å². The molecule has 0 amide bonds. The first kappa shape index (κ1) is 12.8. The molecule has 2 nitrogen and oxygen atoms in total. The quantitative estimate of drug-likeness (QED) is 0.598. The van der Waals surface area contributed by atoms with Crippen LogP contribution in [0.4, 0.5) is 5.69 Å². The number of nitrogen functional groups attached to an aromatic ring is 1. The number of aromatic nitrogens is 1. The number of halogens is 4. The lowest BCUT2D eigenvalue weighted by Gasteiger charge is -2.11. The summed E-state index contributed by atoms with van der Waals surface area (Å²) in [6.07, 6.45) is 3.12. The maximum Gasteiger partial charge on any atom is 0.0785 e. The molecule has 0 atom stereocenters. The van der Waals surface area contributed by atoms with E-state index in [0.29, 0.717) is 26.9 Å². The van der Waals surface area contributed by atoms with Crippen LogP contribution in [0, 0.1) is 0 Å². The summed E-state index contributed by atoms with van der Waals surface area (Å²) in [5.41, 5.74) is 7.52. The topological polar surface area (TPSA) is 38.9 Å². The number of hydrogen-bond donors (Lipinski definition) is 1. The highest BCUT2D eigenvalue weighted by Crippen LogP contribution is 2.44. The normalized spacial score (nSPS) is 10.6. The first-order valence-corrected chi connectivity index (χ1v) is 6.06. The molecule has 0 spiro atoms. The number of hydrogen-bond acceptors (Lipinski definition) is 2. The van der Waals surface area contributed by atoms with Gasteiger partial charge in [-0.05, 0) is 12.1 Å². The molecule has 0 radical (unpaired) electrons. The third-order valence-corrected chi connectivity index (χ3v) is 3.80. The second kappa shape index (κ2) is 4.91. The van der Waals surface area contributed by atoms with Gasteiger partial charge in [-0.2, -0.15) is 0 Å². The summed E-state index contributed by atoms with van der Waals surface area (Å²) in [6, 6.07) is 3.25. The van der Waals surface area contributed by atoms with Gasteiger partial charge in [0.1, 0.15) is 0 Å². The molecule has 0 fully saturated rings. The molecule has 1 aromatic heterocycles. The Morgan fingerprint density at radius 3 is 2.35 bits per heavy atom. The molecule has 17 heavy (non-hydrogen) atoms. The summed E-state index contributed by atoms with van der Waals surface area (Å²) < 4.78 is 0. The molecule has 1 heterocycles. The molecule has 0 aliphatic carbocycles. The van der Waals surface area contributed by atoms with Crippen LogP contribution in [0.25, 0.3) is 11.1 Å². The number of nitrogens with zero attached hydrogens (tertiary/aromatic N) is 1. The molecule has 88 valence electrons. The molecule has 0 aliphatic rings. The number of pyridine rings is 1. The van der Waals surface area contributed by atoms with Crippen molar-refractivity contribution in [2.75, 3.05) is 5.73 Å². The van der Waals surface area contributed by atoms with E-state index in [9.17, 15) is 0 Å². The Hall–Kier alpha value is -0.670. The van der Waals surface area contributed by atoms with Crippen LogP contribution in [-0.2, 0) is 0 Å². The number of nitrogens with two attached hydrogens (primary N) is 1. The minimum absolute atomic E-state index is 0.254. The van der Waals surface area contributed by atoms with Gasteiger partial charge in [0.05, 0.1) is 32.0 Å². The predicted molar refractivity (Wildman–Crippen MR) is 74.1 cm³/mol. The molecule has 0 saturated carbocycles. The highest BCUT2D eigenvalue weighted by molar-refractivity contribution is 6.51. The maximum absolute atomic E-state index is 6.13. The lowest BCUT2D eigenvalue weighted by molar-refractivity contribution is 1.33. The van der Waals surface area contributed by atoms with E-state index in [1.54, 1.807) is 12.3 Å². The van der Waals surface area contributed by atoms with Crippen molar-refractivity contribution in [2.45, 2.75) is 0 Å². The smallest absolute Gasteiger partial charge is 0.0785 e. The van der Waals surface area contributed by atoms with E-state index in [-0.39, 0.29) is 10.0 Å². The standard InChI is InChI=1S/C11H6Cl4N2/c12-6-3-7(13)10(14)11(15)9(6)5-1-2-17-4-8(5)16/h1-4H,16H2. The summed E-state index contributed by atoms with van der Waals surface area (Å²) in [4.78, 5) is 3.90. The van der Waals surface area contributed by atoms with Crippen LogP contribution in [0.5, 0.6) is 0 Å². The van der Waals surface area contributed by atoms with E-state index in [0.717, 1.165) is 0 Å². The minimum atomic E-state index is 0.254. The van der Waals surface area contributed by atoms with Crippen LogP contribution < -0.4 is 5.73 Å². The van der Waals surface area contributed by atoms with E-state index >= 15 is 0 Å². The van der Waals surface area contributed by atoms with Crippen LogP contribution in [0.2, 0.25) is 20.1 Å². The number of rotatable bonds is 1. The van der Waals surface area contributed by atoms with Crippen molar-refractivity contribution >= 4 is 52.1 Å². The second-order valence-electron chi connectivity index (χ2n) is 3.31. The van der Waals surface area contributed by atoms with Gasteiger partial charge in [0, 0.05) is 17.3 Å². The van der Waals surface area contributed by atoms with Crippen molar-refractivity contribution < 1.29 is 0 Å². The van der Waals surface area contributed by atoms with Gasteiger partial charge in [-0.25, -0.2) is 0 Å². The van der Waals surface area contributed by atoms with Gasteiger partial charge in [0.2, 0.25) is 0 Å². The Morgan fingerprint density at radius 1 is 1.00 bits per heavy atom. The fourth-order valence-electron chi connectivity index (χ4n) is 1.45. The van der Waals surface area contributed by atoms with Gasteiger partial charge in [-0.15, -0.1) is 0 Å². The van der Waals surface area contributed by atoms with Crippen LogP contribution in [0.15, 0.2) is 24.5 Å². The van der Waals surface area contributed by atoms with Crippen molar-refractivity contribution in [1.82, 2.24) is 4.98 Å². The van der Waals surface area contributed by atoms with E-state index in [1.807, 2.05) is 0 Å². The van der Waals surface area contributed by atoms with Gasteiger partial charge in [-0.1, -0.05) is 46.4 Å². The first-order valence-electron chi connectivity index (χ1n) is 4.55. The predicted octanol–water partition coefficient (Wildman–Crippen LogP) is 4.94. The molecule has 2 rings (SSSR count). The number of benzene rings is 1. The lowest BCUT2D eigenvalue weighted by atomic mass is 10.1. The molecule has 0 saturated heterocycles. The highest BCUT2D eigenvalue weighted by Gasteiger charge is 2.16. The third kappa shape index (κ3) is 2.31. The molecule has 2 aromatic rings. The zero-order valence-corrected chi connectivity index (χ0v) is 11.4. The fraction of sp³-hybridized carbons (Fsp3) is 0. The Balaban J connectivity index is 2.77. The van der Waals surface area contributed by atoms with Gasteiger partial charge >= 0.3 is 0 Å². The first-order chi connectivity index (χ1) is 8.02. The summed E-state index contributed by atoms with van der Waals surface area (Å²) in [7, 11) is 0. The molecular formula is C11H6Cl4N2. The molecule has 0 aliphatic heterocycles. The monoisotopic (exact) mass is 306 g/mol. The molecule has 0 bridgehead atoms. The Kier molecular flexibility index (Phi) is 3.69. The van der Waals surface area contributed by atoms with Crippen molar-refractivity contribution in [1.29, 1.82) is 0 Å². The van der Waals surface area contributed by atoms with Crippen LogP contribution in [0.1, 0.15) is 0 Å². The van der Waals surface area contributed by atoms with E-state index < -0.39 is 0 Å². The van der Waals surface area contributed by atoms with Gasteiger partial charge in [0.25, 0.3) is 0 Å². The second-order valence-corrected chi connectivity index (χ2v) is 4.88. The van der Waals surface area contributed by atoms with Gasteiger partial charge < -0.3 is 5.73 Å².